The molecule has 2 aromatic rings. The third-order valence-electron chi connectivity index (χ3n) is 2.58. The number of rotatable bonds is 4. The van der Waals surface area contributed by atoms with Crippen LogP contribution in [-0.2, 0) is 0 Å². The average Bonchev–Trinajstić information content (AvgIpc) is 2.40. The van der Waals surface area contributed by atoms with Crippen LogP contribution in [0.25, 0.3) is 10.4 Å². The van der Waals surface area contributed by atoms with Gasteiger partial charge in [0.05, 0.1) is 0 Å². The Hall–Kier alpha value is -2.79. The molecule has 1 heterocycles. The number of azide groups is 1. The van der Waals surface area contributed by atoms with Gasteiger partial charge in [0.2, 0.25) is 5.95 Å². The van der Waals surface area contributed by atoms with E-state index in [1.165, 1.54) is 0 Å². The lowest BCUT2D eigenvalue weighted by Crippen LogP contribution is -2.12. The molecule has 7 nitrogen and oxygen atoms in total. The summed E-state index contributed by atoms with van der Waals surface area (Å²) in [5, 5.41) is 6.65. The maximum absolute atomic E-state index is 8.36. The van der Waals surface area contributed by atoms with Crippen LogP contribution in [0, 0.1) is 6.92 Å². The molecule has 0 spiro atoms. The van der Waals surface area contributed by atoms with Crippen LogP contribution >= 0.6 is 0 Å². The SMILES string of the molecule is Cc1cc(N(C)C)nc(Nc2ccc(N=[N+]=[N-])cc2)n1. The molecule has 1 aromatic heterocycles. The van der Waals surface area contributed by atoms with Gasteiger partial charge in [0.15, 0.2) is 0 Å². The van der Waals surface area contributed by atoms with Gasteiger partial charge in [-0.15, -0.1) is 0 Å². The Bertz CT molecular complexity index is 642. The fourth-order valence-corrected chi connectivity index (χ4v) is 1.63. The van der Waals surface area contributed by atoms with E-state index in [1.807, 2.05) is 44.1 Å². The number of nitrogens with one attached hydrogen (secondary N) is 1. The van der Waals surface area contributed by atoms with Gasteiger partial charge in [0, 0.05) is 42.1 Å². The van der Waals surface area contributed by atoms with E-state index in [1.54, 1.807) is 12.1 Å². The Kier molecular flexibility index (Phi) is 4.02. The molecule has 102 valence electrons. The maximum Gasteiger partial charge on any atom is 0.229 e. The van der Waals surface area contributed by atoms with E-state index in [-0.39, 0.29) is 0 Å². The summed E-state index contributed by atoms with van der Waals surface area (Å²) in [7, 11) is 3.86. The van der Waals surface area contributed by atoms with E-state index in [2.05, 4.69) is 25.3 Å². The van der Waals surface area contributed by atoms with Crippen molar-refractivity contribution in [2.75, 3.05) is 24.3 Å². The van der Waals surface area contributed by atoms with Crippen LogP contribution in [0.3, 0.4) is 0 Å². The molecule has 20 heavy (non-hydrogen) atoms. The van der Waals surface area contributed by atoms with Crippen molar-refractivity contribution in [1.29, 1.82) is 0 Å². The zero-order chi connectivity index (χ0) is 14.5. The molecule has 0 fully saturated rings. The van der Waals surface area contributed by atoms with Crippen LogP contribution in [0.4, 0.5) is 23.1 Å². The summed E-state index contributed by atoms with van der Waals surface area (Å²) in [5.74, 6) is 1.37. The highest BCUT2D eigenvalue weighted by atomic mass is 15.2. The summed E-state index contributed by atoms with van der Waals surface area (Å²) < 4.78 is 0. The smallest absolute Gasteiger partial charge is 0.229 e. The number of benzene rings is 1. The summed E-state index contributed by atoms with van der Waals surface area (Å²) in [5.41, 5.74) is 10.6. The van der Waals surface area contributed by atoms with Gasteiger partial charge in [-0.25, -0.2) is 4.98 Å². The lowest BCUT2D eigenvalue weighted by atomic mass is 10.3. The van der Waals surface area contributed by atoms with Gasteiger partial charge in [-0.1, -0.05) is 17.2 Å². The van der Waals surface area contributed by atoms with Crippen molar-refractivity contribution in [3.8, 4) is 0 Å². The summed E-state index contributed by atoms with van der Waals surface area (Å²) >= 11 is 0. The highest BCUT2D eigenvalue weighted by Crippen LogP contribution is 2.20. The molecule has 7 heteroatoms. The molecule has 0 aliphatic carbocycles. The molecule has 0 aliphatic rings. The number of hydrogen-bond donors (Lipinski definition) is 1. The van der Waals surface area contributed by atoms with Crippen molar-refractivity contribution < 1.29 is 0 Å². The van der Waals surface area contributed by atoms with Crippen molar-refractivity contribution in [2.24, 2.45) is 5.11 Å². The lowest BCUT2D eigenvalue weighted by molar-refractivity contribution is 1.02. The number of hydrogen-bond acceptors (Lipinski definition) is 5. The van der Waals surface area contributed by atoms with Crippen LogP contribution in [0.2, 0.25) is 0 Å². The number of nitrogens with zero attached hydrogens (tertiary/aromatic N) is 6. The van der Waals surface area contributed by atoms with Gasteiger partial charge >= 0.3 is 0 Å². The first-order chi connectivity index (χ1) is 9.58. The molecule has 0 saturated carbocycles. The Morgan fingerprint density at radius 3 is 2.50 bits per heavy atom. The first-order valence-electron chi connectivity index (χ1n) is 6.03. The van der Waals surface area contributed by atoms with Gasteiger partial charge in [-0.3, -0.25) is 0 Å². The Morgan fingerprint density at radius 1 is 1.20 bits per heavy atom. The van der Waals surface area contributed by atoms with Gasteiger partial charge in [0.1, 0.15) is 5.82 Å². The third-order valence-corrected chi connectivity index (χ3v) is 2.58. The first-order valence-corrected chi connectivity index (χ1v) is 6.03. The predicted octanol–water partition coefficient (Wildman–Crippen LogP) is 3.54. The van der Waals surface area contributed by atoms with Crippen molar-refractivity contribution in [3.05, 3.63) is 46.5 Å². The zero-order valence-electron chi connectivity index (χ0n) is 11.6. The first kappa shape index (κ1) is 13.6. The van der Waals surface area contributed by atoms with Gasteiger partial charge < -0.3 is 10.2 Å². The summed E-state index contributed by atoms with van der Waals surface area (Å²) in [6, 6.07) is 8.99. The number of aromatic nitrogens is 2. The van der Waals surface area contributed by atoms with Crippen molar-refractivity contribution >= 4 is 23.1 Å². The van der Waals surface area contributed by atoms with E-state index < -0.39 is 0 Å². The maximum atomic E-state index is 8.36. The van der Waals surface area contributed by atoms with E-state index in [0.717, 1.165) is 17.2 Å². The second-order valence-corrected chi connectivity index (χ2v) is 4.45. The minimum Gasteiger partial charge on any atom is -0.363 e. The zero-order valence-corrected chi connectivity index (χ0v) is 11.6. The standard InChI is InChI=1S/C13H15N7/c1-9-8-12(20(2)3)17-13(15-9)16-10-4-6-11(7-5-10)18-19-14/h4-8H,1-3H3,(H,15,16,17). The summed E-state index contributed by atoms with van der Waals surface area (Å²) in [6.45, 7) is 1.92. The Morgan fingerprint density at radius 2 is 1.90 bits per heavy atom. The molecule has 0 bridgehead atoms. The molecule has 0 unspecified atom stereocenters. The normalized spacial score (nSPS) is 9.75. The van der Waals surface area contributed by atoms with E-state index in [0.29, 0.717) is 11.6 Å². The molecule has 0 atom stereocenters. The number of anilines is 3. The molecule has 0 radical (unpaired) electrons. The monoisotopic (exact) mass is 269 g/mol. The lowest BCUT2D eigenvalue weighted by Gasteiger charge is -2.13. The highest BCUT2D eigenvalue weighted by molar-refractivity contribution is 5.58. The van der Waals surface area contributed by atoms with E-state index >= 15 is 0 Å². The molecular formula is C13H15N7. The fraction of sp³-hybridized carbons (Fsp3) is 0.231. The molecule has 0 saturated heterocycles. The molecule has 0 amide bonds. The van der Waals surface area contributed by atoms with Crippen molar-refractivity contribution in [1.82, 2.24) is 9.97 Å². The van der Waals surface area contributed by atoms with Crippen LogP contribution < -0.4 is 10.2 Å². The summed E-state index contributed by atoms with van der Waals surface area (Å²) in [6.07, 6.45) is 0. The quantitative estimate of drug-likeness (QED) is 0.522. The third kappa shape index (κ3) is 3.37. The second-order valence-electron chi connectivity index (χ2n) is 4.45. The van der Waals surface area contributed by atoms with Gasteiger partial charge in [-0.05, 0) is 24.6 Å². The molecular weight excluding hydrogens is 254 g/mol. The van der Waals surface area contributed by atoms with Crippen molar-refractivity contribution in [3.63, 3.8) is 0 Å². The largest absolute Gasteiger partial charge is 0.363 e. The second kappa shape index (κ2) is 5.90. The molecule has 1 N–H and O–H groups in total. The Labute approximate surface area is 116 Å². The van der Waals surface area contributed by atoms with E-state index in [4.69, 9.17) is 5.53 Å². The van der Waals surface area contributed by atoms with Gasteiger partial charge in [0.25, 0.3) is 0 Å². The highest BCUT2D eigenvalue weighted by Gasteiger charge is 2.04. The molecule has 0 aliphatic heterocycles. The minimum atomic E-state index is 0.533. The van der Waals surface area contributed by atoms with E-state index in [9.17, 15) is 0 Å². The van der Waals surface area contributed by atoms with Crippen molar-refractivity contribution in [2.45, 2.75) is 6.92 Å². The predicted molar refractivity (Wildman–Crippen MR) is 79.6 cm³/mol. The van der Waals surface area contributed by atoms with Crippen LogP contribution in [-0.4, -0.2) is 24.1 Å². The van der Waals surface area contributed by atoms with Gasteiger partial charge in [-0.2, -0.15) is 4.98 Å². The summed E-state index contributed by atoms with van der Waals surface area (Å²) in [4.78, 5) is 13.4. The molecule has 1 aromatic carbocycles. The van der Waals surface area contributed by atoms with Crippen LogP contribution in [0.1, 0.15) is 5.69 Å². The van der Waals surface area contributed by atoms with Crippen LogP contribution in [0.15, 0.2) is 35.4 Å². The molecule has 2 rings (SSSR count). The average molecular weight is 269 g/mol. The Balaban J connectivity index is 2.23. The fourth-order valence-electron chi connectivity index (χ4n) is 1.63. The number of aryl methyl sites for hydroxylation is 1. The minimum absolute atomic E-state index is 0.533. The topological polar surface area (TPSA) is 89.8 Å². The van der Waals surface area contributed by atoms with Crippen LogP contribution in [0.5, 0.6) is 0 Å².